The zero-order chi connectivity index (χ0) is 13.4. The van der Waals surface area contributed by atoms with Crippen LogP contribution in [0.4, 0.5) is 0 Å². The Morgan fingerprint density at radius 3 is 2.33 bits per heavy atom. The number of benzene rings is 1. The van der Waals surface area contributed by atoms with Crippen LogP contribution in [0.2, 0.25) is 0 Å². The smallest absolute Gasteiger partial charge is 0.0643 e. The van der Waals surface area contributed by atoms with E-state index in [1.54, 1.807) is 0 Å². The highest BCUT2D eigenvalue weighted by molar-refractivity contribution is 6.08. The topological polar surface area (TPSA) is 12.4 Å². The Kier molecular flexibility index (Phi) is 6.13. The Bertz CT molecular complexity index is 433. The maximum absolute atomic E-state index is 4.32. The van der Waals surface area contributed by atoms with Crippen molar-refractivity contribution in [1.29, 1.82) is 0 Å². The van der Waals surface area contributed by atoms with Crippen LogP contribution >= 0.6 is 0 Å². The summed E-state index contributed by atoms with van der Waals surface area (Å²) in [5, 5.41) is 0. The molecule has 18 heavy (non-hydrogen) atoms. The molecule has 0 saturated carbocycles. The summed E-state index contributed by atoms with van der Waals surface area (Å²) in [7, 11) is 1.83. The predicted octanol–water partition coefficient (Wildman–Crippen LogP) is 4.44. The van der Waals surface area contributed by atoms with Crippen molar-refractivity contribution in [2.24, 2.45) is 10.9 Å². The fourth-order valence-corrected chi connectivity index (χ4v) is 1.84. The first-order valence-corrected chi connectivity index (χ1v) is 6.52. The van der Waals surface area contributed by atoms with Crippen molar-refractivity contribution in [3.05, 3.63) is 59.7 Å². The Morgan fingerprint density at radius 1 is 1.17 bits per heavy atom. The van der Waals surface area contributed by atoms with Gasteiger partial charge in [-0.2, -0.15) is 0 Å². The van der Waals surface area contributed by atoms with E-state index >= 15 is 0 Å². The van der Waals surface area contributed by atoms with Crippen LogP contribution in [-0.4, -0.2) is 12.8 Å². The fraction of sp³-hybridized carbons (Fsp3) is 0.353. The lowest BCUT2D eigenvalue weighted by Crippen LogP contribution is -1.98. The summed E-state index contributed by atoms with van der Waals surface area (Å²) in [5.74, 6) is 0.699. The summed E-state index contributed by atoms with van der Waals surface area (Å²) in [6, 6.07) is 8.70. The van der Waals surface area contributed by atoms with E-state index in [9.17, 15) is 0 Å². The lowest BCUT2D eigenvalue weighted by Gasteiger charge is -2.06. The number of hydrogen-bond donors (Lipinski definition) is 0. The third-order valence-corrected chi connectivity index (χ3v) is 2.69. The molecular formula is C17H23N. The van der Waals surface area contributed by atoms with Gasteiger partial charge in [0.2, 0.25) is 0 Å². The first kappa shape index (κ1) is 14.4. The van der Waals surface area contributed by atoms with E-state index in [1.807, 2.05) is 38.3 Å². The van der Waals surface area contributed by atoms with Crippen molar-refractivity contribution < 1.29 is 0 Å². The molecule has 0 amide bonds. The molecule has 1 rings (SSSR count). The van der Waals surface area contributed by atoms with E-state index in [0.717, 1.165) is 12.1 Å². The molecule has 0 spiro atoms. The van der Waals surface area contributed by atoms with Gasteiger partial charge in [0.25, 0.3) is 0 Å². The Hall–Kier alpha value is -1.63. The normalized spacial score (nSPS) is 13.1. The molecule has 0 aliphatic rings. The van der Waals surface area contributed by atoms with Crippen LogP contribution in [-0.2, 0) is 6.42 Å². The molecule has 0 heterocycles. The molecule has 0 saturated heterocycles. The van der Waals surface area contributed by atoms with E-state index in [1.165, 1.54) is 11.1 Å². The Balaban J connectivity index is 2.82. The van der Waals surface area contributed by atoms with Crippen LogP contribution < -0.4 is 0 Å². The Morgan fingerprint density at radius 2 is 1.83 bits per heavy atom. The SMILES string of the molecule is C/C=C\C=C/C(=NC)c1ccc(CC(C)C)cc1. The number of nitrogens with zero attached hydrogens (tertiary/aromatic N) is 1. The van der Waals surface area contributed by atoms with E-state index in [4.69, 9.17) is 0 Å². The molecule has 1 nitrogen and oxygen atoms in total. The molecule has 0 bridgehead atoms. The molecule has 0 aliphatic heterocycles. The molecule has 0 N–H and O–H groups in total. The minimum Gasteiger partial charge on any atom is -0.288 e. The second-order valence-electron chi connectivity index (χ2n) is 4.79. The third kappa shape index (κ3) is 4.70. The fourth-order valence-electron chi connectivity index (χ4n) is 1.84. The number of rotatable bonds is 5. The maximum Gasteiger partial charge on any atom is 0.0643 e. The van der Waals surface area contributed by atoms with Crippen LogP contribution in [0, 0.1) is 5.92 Å². The van der Waals surface area contributed by atoms with E-state index in [2.05, 4.69) is 43.1 Å². The van der Waals surface area contributed by atoms with Crippen LogP contribution in [0.1, 0.15) is 31.9 Å². The molecule has 1 aromatic carbocycles. The molecule has 0 fully saturated rings. The van der Waals surface area contributed by atoms with E-state index < -0.39 is 0 Å². The van der Waals surface area contributed by atoms with Gasteiger partial charge in [0, 0.05) is 7.05 Å². The zero-order valence-electron chi connectivity index (χ0n) is 11.9. The summed E-state index contributed by atoms with van der Waals surface area (Å²) < 4.78 is 0. The molecule has 0 unspecified atom stereocenters. The summed E-state index contributed by atoms with van der Waals surface area (Å²) in [5.41, 5.74) is 3.58. The van der Waals surface area contributed by atoms with Gasteiger partial charge < -0.3 is 0 Å². The van der Waals surface area contributed by atoms with Crippen molar-refractivity contribution in [2.45, 2.75) is 27.2 Å². The van der Waals surface area contributed by atoms with Gasteiger partial charge >= 0.3 is 0 Å². The number of allylic oxidation sites excluding steroid dienone is 4. The quantitative estimate of drug-likeness (QED) is 0.534. The Labute approximate surface area is 111 Å². The predicted molar refractivity (Wildman–Crippen MR) is 81.4 cm³/mol. The number of hydrogen-bond acceptors (Lipinski definition) is 1. The molecule has 0 aliphatic carbocycles. The van der Waals surface area contributed by atoms with Crippen LogP contribution in [0.5, 0.6) is 0 Å². The van der Waals surface area contributed by atoms with Gasteiger partial charge in [0.05, 0.1) is 5.71 Å². The molecule has 0 atom stereocenters. The molecule has 0 radical (unpaired) electrons. The third-order valence-electron chi connectivity index (χ3n) is 2.69. The average Bonchev–Trinajstić information content (AvgIpc) is 2.35. The zero-order valence-corrected chi connectivity index (χ0v) is 11.9. The second kappa shape index (κ2) is 7.65. The molecule has 1 aromatic rings. The first-order valence-electron chi connectivity index (χ1n) is 6.52. The summed E-state index contributed by atoms with van der Waals surface area (Å²) in [4.78, 5) is 4.32. The van der Waals surface area contributed by atoms with E-state index in [0.29, 0.717) is 5.92 Å². The van der Waals surface area contributed by atoms with Crippen LogP contribution in [0.25, 0.3) is 0 Å². The molecular weight excluding hydrogens is 218 g/mol. The molecule has 96 valence electrons. The van der Waals surface area contributed by atoms with Crippen LogP contribution in [0.3, 0.4) is 0 Å². The molecule has 0 aromatic heterocycles. The highest BCUT2D eigenvalue weighted by Crippen LogP contribution is 2.11. The van der Waals surface area contributed by atoms with Gasteiger partial charge in [-0.3, -0.25) is 4.99 Å². The lowest BCUT2D eigenvalue weighted by molar-refractivity contribution is 0.647. The van der Waals surface area contributed by atoms with Gasteiger partial charge in [-0.05, 0) is 36.5 Å². The monoisotopic (exact) mass is 241 g/mol. The highest BCUT2D eigenvalue weighted by Gasteiger charge is 2.00. The first-order chi connectivity index (χ1) is 8.67. The largest absolute Gasteiger partial charge is 0.288 e. The van der Waals surface area contributed by atoms with Crippen molar-refractivity contribution >= 4 is 5.71 Å². The average molecular weight is 241 g/mol. The van der Waals surface area contributed by atoms with Crippen molar-refractivity contribution in [3.8, 4) is 0 Å². The summed E-state index contributed by atoms with van der Waals surface area (Å²) in [6.45, 7) is 6.49. The van der Waals surface area contributed by atoms with Crippen molar-refractivity contribution in [1.82, 2.24) is 0 Å². The summed E-state index contributed by atoms with van der Waals surface area (Å²) in [6.07, 6.45) is 9.21. The van der Waals surface area contributed by atoms with Gasteiger partial charge in [-0.25, -0.2) is 0 Å². The van der Waals surface area contributed by atoms with Gasteiger partial charge in [-0.1, -0.05) is 56.3 Å². The van der Waals surface area contributed by atoms with Gasteiger partial charge in [-0.15, -0.1) is 0 Å². The minimum absolute atomic E-state index is 0.699. The van der Waals surface area contributed by atoms with Crippen LogP contribution in [0.15, 0.2) is 53.6 Å². The maximum atomic E-state index is 4.32. The summed E-state index contributed by atoms with van der Waals surface area (Å²) >= 11 is 0. The molecule has 1 heteroatoms. The van der Waals surface area contributed by atoms with Crippen molar-refractivity contribution in [3.63, 3.8) is 0 Å². The lowest BCUT2D eigenvalue weighted by atomic mass is 10.0. The number of aliphatic imine (C=N–C) groups is 1. The standard InChI is InChI=1S/C17H23N/c1-5-6-7-8-17(18-4)16-11-9-15(10-12-16)13-14(2)3/h5-12,14H,13H2,1-4H3/b6-5-,8-7-,18-17?. The van der Waals surface area contributed by atoms with Crippen molar-refractivity contribution in [2.75, 3.05) is 7.05 Å². The van der Waals surface area contributed by atoms with Gasteiger partial charge in [0.1, 0.15) is 0 Å². The van der Waals surface area contributed by atoms with Gasteiger partial charge in [0.15, 0.2) is 0 Å². The second-order valence-corrected chi connectivity index (χ2v) is 4.79. The minimum atomic E-state index is 0.699. The highest BCUT2D eigenvalue weighted by atomic mass is 14.7. The van der Waals surface area contributed by atoms with E-state index in [-0.39, 0.29) is 0 Å².